The average molecular weight is 287 g/mol. The molecular weight excluding hydrogens is 274 g/mol. The van der Waals surface area contributed by atoms with E-state index in [1.807, 2.05) is 0 Å². The number of hydrogen-bond acceptors (Lipinski definition) is 4. The number of aromatic carboxylic acids is 1. The van der Waals surface area contributed by atoms with E-state index in [-0.39, 0.29) is 22.9 Å². The minimum atomic E-state index is -3.69. The highest BCUT2D eigenvalue weighted by molar-refractivity contribution is 7.91. The lowest BCUT2D eigenvalue weighted by Gasteiger charge is -2.17. The zero-order valence-electron chi connectivity index (χ0n) is 9.57. The summed E-state index contributed by atoms with van der Waals surface area (Å²) in [6.07, 6.45) is 2.93. The van der Waals surface area contributed by atoms with Crippen molar-refractivity contribution in [3.05, 3.63) is 42.3 Å². The first-order valence-electron chi connectivity index (χ1n) is 4.97. The molecule has 0 amide bonds. The summed E-state index contributed by atoms with van der Waals surface area (Å²) in [6, 6.07) is 1.15. The lowest BCUT2D eigenvalue weighted by atomic mass is 10.4. The van der Waals surface area contributed by atoms with Crippen LogP contribution >= 0.6 is 11.3 Å². The maximum absolute atomic E-state index is 12.2. The van der Waals surface area contributed by atoms with Crippen molar-refractivity contribution in [1.82, 2.24) is 4.31 Å². The van der Waals surface area contributed by atoms with Crippen LogP contribution in [0.2, 0.25) is 0 Å². The van der Waals surface area contributed by atoms with Crippen LogP contribution in [-0.4, -0.2) is 36.9 Å². The molecule has 0 atom stereocenters. The molecule has 5 nitrogen and oxygen atoms in total. The maximum atomic E-state index is 12.2. The van der Waals surface area contributed by atoms with Gasteiger partial charge in [-0.2, -0.15) is 4.31 Å². The number of carboxylic acids is 1. The number of rotatable bonds is 7. The van der Waals surface area contributed by atoms with Crippen molar-refractivity contribution >= 4 is 27.3 Å². The Morgan fingerprint density at radius 3 is 2.33 bits per heavy atom. The normalized spacial score (nSPS) is 11.4. The van der Waals surface area contributed by atoms with Gasteiger partial charge in [-0.1, -0.05) is 12.2 Å². The Bertz CT molecular complexity index is 549. The Balaban J connectivity index is 3.12. The summed E-state index contributed by atoms with van der Waals surface area (Å²) >= 11 is 0.886. The molecule has 0 aliphatic heterocycles. The SMILES string of the molecule is C=CCN(CC=C)S(=O)(=O)c1cc(C(=O)O)cs1. The number of nitrogens with zero attached hydrogens (tertiary/aromatic N) is 1. The van der Waals surface area contributed by atoms with Crippen LogP contribution in [-0.2, 0) is 10.0 Å². The van der Waals surface area contributed by atoms with Gasteiger partial charge in [0.25, 0.3) is 10.0 Å². The molecule has 0 aromatic carbocycles. The maximum Gasteiger partial charge on any atom is 0.336 e. The number of thiophene rings is 1. The zero-order chi connectivity index (χ0) is 13.8. The van der Waals surface area contributed by atoms with Crippen molar-refractivity contribution in [3.8, 4) is 0 Å². The van der Waals surface area contributed by atoms with Gasteiger partial charge >= 0.3 is 5.97 Å². The van der Waals surface area contributed by atoms with Crippen LogP contribution in [0.5, 0.6) is 0 Å². The summed E-state index contributed by atoms with van der Waals surface area (Å²) in [5, 5.41) is 10.1. The van der Waals surface area contributed by atoms with Gasteiger partial charge in [0, 0.05) is 18.5 Å². The summed E-state index contributed by atoms with van der Waals surface area (Å²) in [5.41, 5.74) is -0.0317. The van der Waals surface area contributed by atoms with E-state index in [9.17, 15) is 13.2 Å². The first-order valence-corrected chi connectivity index (χ1v) is 7.29. The second-order valence-electron chi connectivity index (χ2n) is 3.36. The van der Waals surface area contributed by atoms with Crippen LogP contribution in [0.3, 0.4) is 0 Å². The zero-order valence-corrected chi connectivity index (χ0v) is 11.2. The standard InChI is InChI=1S/C11H13NO4S2/c1-3-5-12(6-4-2)18(15,16)10-7-9(8-17-10)11(13)14/h3-4,7-8H,1-2,5-6H2,(H,13,14). The minimum absolute atomic E-state index is 0.00333. The smallest absolute Gasteiger partial charge is 0.336 e. The lowest BCUT2D eigenvalue weighted by molar-refractivity contribution is 0.0697. The molecule has 0 spiro atoms. The molecule has 98 valence electrons. The van der Waals surface area contributed by atoms with Crippen LogP contribution in [0.25, 0.3) is 0 Å². The van der Waals surface area contributed by atoms with Crippen LogP contribution in [0.1, 0.15) is 10.4 Å². The Kier molecular flexibility index (Phi) is 4.83. The molecule has 1 aromatic rings. The molecule has 0 bridgehead atoms. The third-order valence-corrected chi connectivity index (χ3v) is 5.33. The number of carbonyl (C=O) groups is 1. The quantitative estimate of drug-likeness (QED) is 0.776. The van der Waals surface area contributed by atoms with Gasteiger partial charge in [0.1, 0.15) is 4.21 Å². The molecule has 18 heavy (non-hydrogen) atoms. The fraction of sp³-hybridized carbons (Fsp3) is 0.182. The summed E-state index contributed by atoms with van der Waals surface area (Å²) in [6.45, 7) is 7.28. The van der Waals surface area contributed by atoms with E-state index in [0.29, 0.717) is 0 Å². The molecular formula is C11H13NO4S2. The number of hydrogen-bond donors (Lipinski definition) is 1. The molecule has 1 heterocycles. The largest absolute Gasteiger partial charge is 0.478 e. The predicted molar refractivity (Wildman–Crippen MR) is 70.4 cm³/mol. The van der Waals surface area contributed by atoms with E-state index in [1.165, 1.54) is 21.8 Å². The van der Waals surface area contributed by atoms with Crippen molar-refractivity contribution < 1.29 is 18.3 Å². The first-order chi connectivity index (χ1) is 8.43. The predicted octanol–water partition coefficient (Wildman–Crippen LogP) is 1.81. The highest BCUT2D eigenvalue weighted by Gasteiger charge is 2.25. The van der Waals surface area contributed by atoms with Crippen LogP contribution in [0.15, 0.2) is 41.0 Å². The Morgan fingerprint density at radius 2 is 1.94 bits per heavy atom. The van der Waals surface area contributed by atoms with Gasteiger partial charge < -0.3 is 5.11 Å². The topological polar surface area (TPSA) is 74.7 Å². The molecule has 0 aliphatic rings. The Labute approximate surface area is 110 Å². The van der Waals surface area contributed by atoms with Crippen molar-refractivity contribution in [2.24, 2.45) is 0 Å². The van der Waals surface area contributed by atoms with Crippen molar-refractivity contribution in [2.45, 2.75) is 4.21 Å². The van der Waals surface area contributed by atoms with Gasteiger partial charge in [0.05, 0.1) is 5.56 Å². The van der Waals surface area contributed by atoms with E-state index in [4.69, 9.17) is 5.11 Å². The highest BCUT2D eigenvalue weighted by atomic mass is 32.2. The first kappa shape index (κ1) is 14.6. The molecule has 0 saturated carbocycles. The van der Waals surface area contributed by atoms with E-state index >= 15 is 0 Å². The van der Waals surface area contributed by atoms with Gasteiger partial charge in [-0.25, -0.2) is 13.2 Å². The third kappa shape index (κ3) is 3.06. The molecule has 0 radical (unpaired) electrons. The number of sulfonamides is 1. The molecule has 1 rings (SSSR count). The van der Waals surface area contributed by atoms with Gasteiger partial charge in [0.2, 0.25) is 0 Å². The van der Waals surface area contributed by atoms with Gasteiger partial charge in [-0.3, -0.25) is 0 Å². The van der Waals surface area contributed by atoms with E-state index in [1.54, 1.807) is 0 Å². The van der Waals surface area contributed by atoms with Gasteiger partial charge in [-0.05, 0) is 6.07 Å². The fourth-order valence-electron chi connectivity index (χ4n) is 1.25. The average Bonchev–Trinajstić information content (AvgIpc) is 2.78. The van der Waals surface area contributed by atoms with Crippen molar-refractivity contribution in [2.75, 3.05) is 13.1 Å². The van der Waals surface area contributed by atoms with Gasteiger partial charge in [0.15, 0.2) is 0 Å². The highest BCUT2D eigenvalue weighted by Crippen LogP contribution is 2.24. The molecule has 7 heteroatoms. The molecule has 0 unspecified atom stereocenters. The van der Waals surface area contributed by atoms with Crippen molar-refractivity contribution in [3.63, 3.8) is 0 Å². The monoisotopic (exact) mass is 287 g/mol. The Hall–Kier alpha value is -1.44. The van der Waals surface area contributed by atoms with Crippen molar-refractivity contribution in [1.29, 1.82) is 0 Å². The van der Waals surface area contributed by atoms with Gasteiger partial charge in [-0.15, -0.1) is 24.5 Å². The van der Waals surface area contributed by atoms with E-state index < -0.39 is 16.0 Å². The van der Waals surface area contributed by atoms with Crippen LogP contribution in [0.4, 0.5) is 0 Å². The molecule has 0 aliphatic carbocycles. The van der Waals surface area contributed by atoms with Crippen LogP contribution in [0, 0.1) is 0 Å². The van der Waals surface area contributed by atoms with E-state index in [2.05, 4.69) is 13.2 Å². The molecule has 0 saturated heterocycles. The van der Waals surface area contributed by atoms with Crippen LogP contribution < -0.4 is 0 Å². The number of carboxylic acid groups (broad SMARTS) is 1. The Morgan fingerprint density at radius 1 is 1.39 bits per heavy atom. The minimum Gasteiger partial charge on any atom is -0.478 e. The molecule has 0 fully saturated rings. The van der Waals surface area contributed by atoms with E-state index in [0.717, 1.165) is 17.4 Å². The fourth-order valence-corrected chi connectivity index (χ4v) is 3.94. The summed E-state index contributed by atoms with van der Waals surface area (Å²) < 4.78 is 25.6. The molecule has 1 aromatic heterocycles. The second-order valence-corrected chi connectivity index (χ2v) is 6.43. The lowest BCUT2D eigenvalue weighted by Crippen LogP contribution is -2.30. The second kappa shape index (κ2) is 5.94. The summed E-state index contributed by atoms with van der Waals surface area (Å²) in [4.78, 5) is 10.7. The summed E-state index contributed by atoms with van der Waals surface area (Å²) in [5.74, 6) is -1.15. The summed E-state index contributed by atoms with van der Waals surface area (Å²) in [7, 11) is -3.69. The third-order valence-electron chi connectivity index (χ3n) is 2.08. The molecule has 1 N–H and O–H groups in total.